The molecule has 1 aliphatic rings. The summed E-state index contributed by atoms with van der Waals surface area (Å²) in [6.07, 6.45) is 0.912. The van der Waals surface area contributed by atoms with E-state index in [1.54, 1.807) is 5.01 Å². The first-order chi connectivity index (χ1) is 6.02. The summed E-state index contributed by atoms with van der Waals surface area (Å²) >= 11 is 0. The fraction of sp³-hybridized carbons (Fsp3) is 0.889. The van der Waals surface area contributed by atoms with Gasteiger partial charge in [0.15, 0.2) is 0 Å². The monoisotopic (exact) mass is 185 g/mol. The topological polar surface area (TPSA) is 35.6 Å². The molecule has 4 heteroatoms. The lowest BCUT2D eigenvalue weighted by molar-refractivity contribution is -0.140. The minimum Gasteiger partial charge on any atom is -0.304 e. The molecule has 0 saturated carbocycles. The Morgan fingerprint density at radius 3 is 2.54 bits per heavy atom. The molecule has 1 rings (SSSR count). The van der Waals surface area contributed by atoms with Gasteiger partial charge < -0.3 is 5.32 Å². The van der Waals surface area contributed by atoms with Crippen molar-refractivity contribution in [2.75, 3.05) is 20.6 Å². The zero-order valence-electron chi connectivity index (χ0n) is 8.87. The SMILES string of the molecule is CC(C)NC1CCN(N(C)C)C1=O. The molecular weight excluding hydrogens is 166 g/mol. The van der Waals surface area contributed by atoms with Crippen LogP contribution in [0, 0.1) is 0 Å². The quantitative estimate of drug-likeness (QED) is 0.675. The lowest BCUT2D eigenvalue weighted by Crippen LogP contribution is -2.45. The van der Waals surface area contributed by atoms with Crippen molar-refractivity contribution < 1.29 is 4.79 Å². The molecule has 1 saturated heterocycles. The molecule has 4 nitrogen and oxygen atoms in total. The fourth-order valence-corrected chi connectivity index (χ4v) is 1.62. The van der Waals surface area contributed by atoms with Crippen LogP contribution in [0.5, 0.6) is 0 Å². The van der Waals surface area contributed by atoms with Crippen molar-refractivity contribution in [1.29, 1.82) is 0 Å². The van der Waals surface area contributed by atoms with Crippen molar-refractivity contribution in [3.8, 4) is 0 Å². The molecule has 0 aromatic carbocycles. The minimum absolute atomic E-state index is 0.0161. The molecule has 1 N–H and O–H groups in total. The minimum atomic E-state index is 0.0161. The van der Waals surface area contributed by atoms with Gasteiger partial charge in [-0.15, -0.1) is 0 Å². The predicted octanol–water partition coefficient (Wildman–Crippen LogP) is 0.0619. The van der Waals surface area contributed by atoms with Gasteiger partial charge in [0.1, 0.15) is 0 Å². The number of hydrogen-bond donors (Lipinski definition) is 1. The second-order valence-corrected chi connectivity index (χ2v) is 3.97. The number of nitrogens with one attached hydrogen (secondary N) is 1. The van der Waals surface area contributed by atoms with Gasteiger partial charge >= 0.3 is 0 Å². The number of rotatable bonds is 3. The first-order valence-electron chi connectivity index (χ1n) is 4.77. The summed E-state index contributed by atoms with van der Waals surface area (Å²) in [5.74, 6) is 0.193. The molecule has 1 aliphatic heterocycles. The normalized spacial score (nSPS) is 23.7. The third-order valence-corrected chi connectivity index (χ3v) is 2.20. The van der Waals surface area contributed by atoms with Crippen molar-refractivity contribution in [2.45, 2.75) is 32.4 Å². The van der Waals surface area contributed by atoms with Crippen LogP contribution in [-0.4, -0.2) is 48.6 Å². The average molecular weight is 185 g/mol. The van der Waals surface area contributed by atoms with E-state index in [0.717, 1.165) is 13.0 Å². The third kappa shape index (κ3) is 2.42. The lowest BCUT2D eigenvalue weighted by Gasteiger charge is -2.24. The third-order valence-electron chi connectivity index (χ3n) is 2.20. The maximum atomic E-state index is 11.7. The number of hydrazine groups is 1. The standard InChI is InChI=1S/C9H19N3O/c1-7(2)10-8-5-6-12(9(8)13)11(3)4/h7-8,10H,5-6H2,1-4H3. The van der Waals surface area contributed by atoms with Gasteiger partial charge in [0.2, 0.25) is 0 Å². The first-order valence-corrected chi connectivity index (χ1v) is 4.77. The Labute approximate surface area is 79.9 Å². The van der Waals surface area contributed by atoms with E-state index in [-0.39, 0.29) is 11.9 Å². The van der Waals surface area contributed by atoms with E-state index in [1.807, 2.05) is 19.1 Å². The Balaban J connectivity index is 2.50. The van der Waals surface area contributed by atoms with E-state index in [0.29, 0.717) is 6.04 Å². The Bertz CT molecular complexity index is 191. The zero-order valence-corrected chi connectivity index (χ0v) is 8.87. The Morgan fingerprint density at radius 2 is 2.15 bits per heavy atom. The number of carbonyl (C=O) groups excluding carboxylic acids is 1. The van der Waals surface area contributed by atoms with Crippen LogP contribution >= 0.6 is 0 Å². The molecule has 0 aromatic heterocycles. The van der Waals surface area contributed by atoms with Crippen LogP contribution in [0.2, 0.25) is 0 Å². The van der Waals surface area contributed by atoms with Gasteiger partial charge in [0.05, 0.1) is 6.04 Å². The molecule has 0 radical (unpaired) electrons. The molecule has 0 aliphatic carbocycles. The Kier molecular flexibility index (Phi) is 3.27. The molecule has 1 amide bonds. The van der Waals surface area contributed by atoms with Gasteiger partial charge in [0.25, 0.3) is 5.91 Å². The molecular formula is C9H19N3O. The second kappa shape index (κ2) is 4.07. The van der Waals surface area contributed by atoms with Gasteiger partial charge in [-0.05, 0) is 6.42 Å². The summed E-state index contributed by atoms with van der Waals surface area (Å²) in [5.41, 5.74) is 0. The van der Waals surface area contributed by atoms with Crippen molar-refractivity contribution in [3.05, 3.63) is 0 Å². The number of nitrogens with zero attached hydrogens (tertiary/aromatic N) is 2. The van der Waals surface area contributed by atoms with E-state index in [4.69, 9.17) is 0 Å². The highest BCUT2D eigenvalue weighted by Gasteiger charge is 2.32. The molecule has 0 aromatic rings. The zero-order chi connectivity index (χ0) is 10.0. The van der Waals surface area contributed by atoms with E-state index in [2.05, 4.69) is 19.2 Å². The number of amides is 1. The molecule has 1 atom stereocenters. The summed E-state index contributed by atoms with van der Waals surface area (Å²) in [5, 5.41) is 6.89. The van der Waals surface area contributed by atoms with E-state index in [9.17, 15) is 4.79 Å². The summed E-state index contributed by atoms with van der Waals surface area (Å²) in [6, 6.07) is 0.387. The largest absolute Gasteiger partial charge is 0.304 e. The maximum Gasteiger partial charge on any atom is 0.254 e. The highest BCUT2D eigenvalue weighted by Crippen LogP contribution is 2.12. The molecule has 0 bridgehead atoms. The molecule has 13 heavy (non-hydrogen) atoms. The van der Waals surface area contributed by atoms with E-state index < -0.39 is 0 Å². The average Bonchev–Trinajstić information content (AvgIpc) is 2.32. The van der Waals surface area contributed by atoms with Crippen molar-refractivity contribution in [2.24, 2.45) is 0 Å². The molecule has 1 fully saturated rings. The van der Waals surface area contributed by atoms with Gasteiger partial charge in [-0.1, -0.05) is 13.8 Å². The molecule has 76 valence electrons. The van der Waals surface area contributed by atoms with Crippen molar-refractivity contribution >= 4 is 5.91 Å². The number of hydrogen-bond acceptors (Lipinski definition) is 3. The number of carbonyl (C=O) groups is 1. The van der Waals surface area contributed by atoms with Crippen LogP contribution < -0.4 is 5.32 Å². The molecule has 1 unspecified atom stereocenters. The fourth-order valence-electron chi connectivity index (χ4n) is 1.62. The smallest absolute Gasteiger partial charge is 0.254 e. The highest BCUT2D eigenvalue weighted by atomic mass is 16.2. The predicted molar refractivity (Wildman–Crippen MR) is 52.1 cm³/mol. The van der Waals surface area contributed by atoms with Gasteiger partial charge in [-0.2, -0.15) is 0 Å². The summed E-state index contributed by atoms with van der Waals surface area (Å²) in [4.78, 5) is 11.7. The van der Waals surface area contributed by atoms with Crippen LogP contribution in [0.25, 0.3) is 0 Å². The van der Waals surface area contributed by atoms with Crippen LogP contribution in [0.15, 0.2) is 0 Å². The Morgan fingerprint density at radius 1 is 1.54 bits per heavy atom. The van der Waals surface area contributed by atoms with E-state index >= 15 is 0 Å². The van der Waals surface area contributed by atoms with Gasteiger partial charge in [0, 0.05) is 26.7 Å². The summed E-state index contributed by atoms with van der Waals surface area (Å²) in [6.45, 7) is 4.95. The van der Waals surface area contributed by atoms with Gasteiger partial charge in [-0.25, -0.2) is 5.01 Å². The van der Waals surface area contributed by atoms with Crippen molar-refractivity contribution in [1.82, 2.24) is 15.3 Å². The first kappa shape index (κ1) is 10.5. The summed E-state index contributed by atoms with van der Waals surface area (Å²) < 4.78 is 0. The second-order valence-electron chi connectivity index (χ2n) is 3.97. The highest BCUT2D eigenvalue weighted by molar-refractivity contribution is 5.83. The molecule has 0 spiro atoms. The van der Waals surface area contributed by atoms with Crippen LogP contribution in [0.1, 0.15) is 20.3 Å². The lowest BCUT2D eigenvalue weighted by atomic mass is 10.2. The molecule has 1 heterocycles. The van der Waals surface area contributed by atoms with Crippen molar-refractivity contribution in [3.63, 3.8) is 0 Å². The van der Waals surface area contributed by atoms with Crippen LogP contribution in [0.3, 0.4) is 0 Å². The maximum absolute atomic E-state index is 11.7. The summed E-state index contributed by atoms with van der Waals surface area (Å²) in [7, 11) is 3.80. The van der Waals surface area contributed by atoms with Crippen LogP contribution in [-0.2, 0) is 4.79 Å². The van der Waals surface area contributed by atoms with E-state index in [1.165, 1.54) is 0 Å². The Hall–Kier alpha value is -0.610. The van der Waals surface area contributed by atoms with Gasteiger partial charge in [-0.3, -0.25) is 9.80 Å². The van der Waals surface area contributed by atoms with Crippen LogP contribution in [0.4, 0.5) is 0 Å².